The standard InChI is InChI=1S/C15H14O5S/c1-21(18,19)14-5-3-2-4-13(14)11-6-8-12(9-7-11)20-10-15(16)17/h2-9H,10H2,1H3,(H,16,17). The molecule has 2 aromatic carbocycles. The lowest BCUT2D eigenvalue weighted by Crippen LogP contribution is -2.09. The summed E-state index contributed by atoms with van der Waals surface area (Å²) in [4.78, 5) is 10.7. The van der Waals surface area contributed by atoms with Crippen molar-refractivity contribution in [2.24, 2.45) is 0 Å². The van der Waals surface area contributed by atoms with Gasteiger partial charge in [-0.1, -0.05) is 30.3 Å². The van der Waals surface area contributed by atoms with Gasteiger partial charge in [0.2, 0.25) is 0 Å². The Kier molecular flexibility index (Phi) is 4.28. The number of carboxylic acids is 1. The molecule has 0 heterocycles. The summed E-state index contributed by atoms with van der Waals surface area (Å²) in [7, 11) is -3.32. The van der Waals surface area contributed by atoms with Crippen molar-refractivity contribution in [3.63, 3.8) is 0 Å². The van der Waals surface area contributed by atoms with Gasteiger partial charge in [0.15, 0.2) is 16.4 Å². The van der Waals surface area contributed by atoms with Crippen molar-refractivity contribution < 1.29 is 23.1 Å². The Bertz CT molecular complexity index is 748. The lowest BCUT2D eigenvalue weighted by molar-refractivity contribution is -0.139. The van der Waals surface area contributed by atoms with Crippen LogP contribution in [0.15, 0.2) is 53.4 Å². The minimum Gasteiger partial charge on any atom is -0.482 e. The van der Waals surface area contributed by atoms with Crippen molar-refractivity contribution in [1.82, 2.24) is 0 Å². The number of benzene rings is 2. The zero-order chi connectivity index (χ0) is 15.5. The minimum atomic E-state index is -3.32. The third kappa shape index (κ3) is 3.82. The fraction of sp³-hybridized carbons (Fsp3) is 0.133. The molecule has 0 aliphatic rings. The summed E-state index contributed by atoms with van der Waals surface area (Å²) in [6.45, 7) is -0.417. The topological polar surface area (TPSA) is 80.7 Å². The number of aliphatic carboxylic acids is 1. The minimum absolute atomic E-state index is 0.254. The Morgan fingerprint density at radius 1 is 1.10 bits per heavy atom. The zero-order valence-corrected chi connectivity index (χ0v) is 12.1. The molecule has 0 radical (unpaired) electrons. The molecule has 0 saturated heterocycles. The molecule has 5 nitrogen and oxygen atoms in total. The van der Waals surface area contributed by atoms with Crippen LogP contribution >= 0.6 is 0 Å². The number of hydrogen-bond acceptors (Lipinski definition) is 4. The fourth-order valence-electron chi connectivity index (χ4n) is 1.90. The first kappa shape index (κ1) is 15.1. The van der Waals surface area contributed by atoms with Gasteiger partial charge in [-0.05, 0) is 23.8 Å². The number of carbonyl (C=O) groups is 1. The van der Waals surface area contributed by atoms with Crippen LogP contribution in [0, 0.1) is 0 Å². The lowest BCUT2D eigenvalue weighted by atomic mass is 10.1. The monoisotopic (exact) mass is 306 g/mol. The van der Waals surface area contributed by atoms with Gasteiger partial charge in [-0.15, -0.1) is 0 Å². The molecule has 1 N–H and O–H groups in total. The Morgan fingerprint density at radius 3 is 2.29 bits per heavy atom. The molecule has 110 valence electrons. The van der Waals surface area contributed by atoms with E-state index >= 15 is 0 Å². The second kappa shape index (κ2) is 5.97. The highest BCUT2D eigenvalue weighted by Gasteiger charge is 2.13. The maximum Gasteiger partial charge on any atom is 0.341 e. The number of hydrogen-bond donors (Lipinski definition) is 1. The quantitative estimate of drug-likeness (QED) is 0.916. The number of rotatable bonds is 5. The number of ether oxygens (including phenoxy) is 1. The third-order valence-electron chi connectivity index (χ3n) is 2.81. The van der Waals surface area contributed by atoms with Gasteiger partial charge in [0.1, 0.15) is 5.75 Å². The maximum atomic E-state index is 11.8. The second-order valence-electron chi connectivity index (χ2n) is 4.48. The first-order valence-electron chi connectivity index (χ1n) is 6.12. The van der Waals surface area contributed by atoms with E-state index in [0.29, 0.717) is 11.3 Å². The Morgan fingerprint density at radius 2 is 1.71 bits per heavy atom. The first-order chi connectivity index (χ1) is 9.88. The van der Waals surface area contributed by atoms with Crippen LogP contribution < -0.4 is 4.74 Å². The SMILES string of the molecule is CS(=O)(=O)c1ccccc1-c1ccc(OCC(=O)O)cc1. The molecule has 0 spiro atoms. The lowest BCUT2D eigenvalue weighted by Gasteiger charge is -2.09. The van der Waals surface area contributed by atoms with E-state index in [1.54, 1.807) is 48.5 Å². The largest absolute Gasteiger partial charge is 0.482 e. The van der Waals surface area contributed by atoms with Gasteiger partial charge >= 0.3 is 5.97 Å². The van der Waals surface area contributed by atoms with Crippen molar-refractivity contribution >= 4 is 15.8 Å². The van der Waals surface area contributed by atoms with Gasteiger partial charge < -0.3 is 9.84 Å². The van der Waals surface area contributed by atoms with E-state index in [1.807, 2.05) is 0 Å². The van der Waals surface area contributed by atoms with Crippen LogP contribution in [-0.4, -0.2) is 32.4 Å². The van der Waals surface area contributed by atoms with Crippen LogP contribution in [0.25, 0.3) is 11.1 Å². The summed E-state index contributed by atoms with van der Waals surface area (Å²) in [5.41, 5.74) is 1.32. The molecule has 0 atom stereocenters. The van der Waals surface area contributed by atoms with Crippen LogP contribution in [0.5, 0.6) is 5.75 Å². The number of carboxylic acid groups (broad SMARTS) is 1. The molecule has 6 heteroatoms. The van der Waals surface area contributed by atoms with E-state index < -0.39 is 22.4 Å². The molecule has 0 unspecified atom stereocenters. The van der Waals surface area contributed by atoms with Crippen molar-refractivity contribution in [2.75, 3.05) is 12.9 Å². The smallest absolute Gasteiger partial charge is 0.341 e. The average Bonchev–Trinajstić information content (AvgIpc) is 2.45. The number of sulfone groups is 1. The summed E-state index contributed by atoms with van der Waals surface area (Å²) >= 11 is 0. The maximum absolute atomic E-state index is 11.8. The molecule has 0 aromatic heterocycles. The molecule has 0 aliphatic heterocycles. The summed E-state index contributed by atoms with van der Waals surface area (Å²) in [6, 6.07) is 13.3. The van der Waals surface area contributed by atoms with Crippen LogP contribution in [0.2, 0.25) is 0 Å². The van der Waals surface area contributed by atoms with Crippen LogP contribution in [0.1, 0.15) is 0 Å². The highest BCUT2D eigenvalue weighted by atomic mass is 32.2. The molecule has 0 amide bonds. The summed E-state index contributed by atoms with van der Waals surface area (Å²) in [5, 5.41) is 8.54. The van der Waals surface area contributed by atoms with Gasteiger partial charge in [-0.2, -0.15) is 0 Å². The van der Waals surface area contributed by atoms with Crippen molar-refractivity contribution in [2.45, 2.75) is 4.90 Å². The summed E-state index contributed by atoms with van der Waals surface area (Å²) in [6.07, 6.45) is 1.16. The average molecular weight is 306 g/mol. The van der Waals surface area contributed by atoms with E-state index in [9.17, 15) is 13.2 Å². The summed E-state index contributed by atoms with van der Waals surface area (Å²) < 4.78 is 28.6. The molecule has 0 aliphatic carbocycles. The Balaban J connectivity index is 2.34. The molecular formula is C15H14O5S. The van der Waals surface area contributed by atoms with Gasteiger partial charge in [0, 0.05) is 11.8 Å². The third-order valence-corrected chi connectivity index (χ3v) is 3.97. The molecule has 2 aromatic rings. The van der Waals surface area contributed by atoms with E-state index in [0.717, 1.165) is 11.8 Å². The van der Waals surface area contributed by atoms with Gasteiger partial charge in [-0.3, -0.25) is 0 Å². The van der Waals surface area contributed by atoms with Crippen LogP contribution in [-0.2, 0) is 14.6 Å². The molecule has 0 fully saturated rings. The zero-order valence-electron chi connectivity index (χ0n) is 11.3. The highest BCUT2D eigenvalue weighted by Crippen LogP contribution is 2.28. The molecular weight excluding hydrogens is 292 g/mol. The fourth-order valence-corrected chi connectivity index (χ4v) is 2.82. The van der Waals surface area contributed by atoms with Crippen molar-refractivity contribution in [3.8, 4) is 16.9 Å². The first-order valence-corrected chi connectivity index (χ1v) is 8.01. The predicted octanol–water partition coefficient (Wildman–Crippen LogP) is 2.22. The van der Waals surface area contributed by atoms with Crippen LogP contribution in [0.3, 0.4) is 0 Å². The van der Waals surface area contributed by atoms with E-state index in [1.165, 1.54) is 0 Å². The second-order valence-corrected chi connectivity index (χ2v) is 6.46. The predicted molar refractivity (Wildman–Crippen MR) is 78.1 cm³/mol. The molecule has 0 saturated carbocycles. The van der Waals surface area contributed by atoms with Crippen molar-refractivity contribution in [3.05, 3.63) is 48.5 Å². The molecule has 21 heavy (non-hydrogen) atoms. The van der Waals surface area contributed by atoms with E-state index in [4.69, 9.17) is 9.84 Å². The van der Waals surface area contributed by atoms with E-state index in [2.05, 4.69) is 0 Å². The Labute approximate surface area is 122 Å². The van der Waals surface area contributed by atoms with Gasteiger partial charge in [0.05, 0.1) is 4.90 Å². The van der Waals surface area contributed by atoms with Gasteiger partial charge in [-0.25, -0.2) is 13.2 Å². The molecule has 2 rings (SSSR count). The summed E-state index contributed by atoms with van der Waals surface area (Å²) in [5.74, 6) is -0.639. The highest BCUT2D eigenvalue weighted by molar-refractivity contribution is 7.90. The Hall–Kier alpha value is -2.34. The van der Waals surface area contributed by atoms with Crippen LogP contribution in [0.4, 0.5) is 0 Å². The van der Waals surface area contributed by atoms with E-state index in [-0.39, 0.29) is 4.90 Å². The van der Waals surface area contributed by atoms with Crippen molar-refractivity contribution in [1.29, 1.82) is 0 Å². The normalized spacial score (nSPS) is 11.1. The molecule has 0 bridgehead atoms. The van der Waals surface area contributed by atoms with Gasteiger partial charge in [0.25, 0.3) is 0 Å².